The van der Waals surface area contributed by atoms with Crippen molar-refractivity contribution in [2.24, 2.45) is 11.3 Å². The van der Waals surface area contributed by atoms with Crippen molar-refractivity contribution in [3.8, 4) is 0 Å². The quantitative estimate of drug-likeness (QED) is 0.823. The normalized spacial score (nSPS) is 24.6. The molecule has 0 radical (unpaired) electrons. The summed E-state index contributed by atoms with van der Waals surface area (Å²) in [6.45, 7) is 1.72. The molecule has 126 valence electrons. The second-order valence-corrected chi connectivity index (χ2v) is 6.91. The van der Waals surface area contributed by atoms with Gasteiger partial charge in [-0.05, 0) is 31.6 Å². The number of carbonyl (C=O) groups excluding carboxylic acids is 1. The van der Waals surface area contributed by atoms with Crippen LogP contribution in [0, 0.1) is 11.3 Å². The van der Waals surface area contributed by atoms with Crippen LogP contribution in [-0.2, 0) is 16.1 Å². The predicted octanol–water partition coefficient (Wildman–Crippen LogP) is 1.55. The molecule has 3 rings (SSSR count). The van der Waals surface area contributed by atoms with Crippen molar-refractivity contribution in [3.05, 3.63) is 12.7 Å². The number of carboxylic acids is 1. The Morgan fingerprint density at radius 1 is 1.35 bits per heavy atom. The number of aliphatic carboxylic acids is 1. The third kappa shape index (κ3) is 3.89. The van der Waals surface area contributed by atoms with E-state index in [2.05, 4.69) is 10.1 Å². The summed E-state index contributed by atoms with van der Waals surface area (Å²) in [6, 6.07) is 0. The van der Waals surface area contributed by atoms with Crippen molar-refractivity contribution < 1.29 is 14.7 Å². The van der Waals surface area contributed by atoms with Crippen LogP contribution in [0.1, 0.15) is 44.9 Å². The Balaban J connectivity index is 1.53. The number of nitrogens with zero attached hydrogens (tertiary/aromatic N) is 4. The number of amides is 1. The van der Waals surface area contributed by atoms with Crippen LogP contribution in [0.15, 0.2) is 12.7 Å². The number of hydrogen-bond donors (Lipinski definition) is 1. The molecular formula is C16H24N4O3. The first-order chi connectivity index (χ1) is 11.1. The van der Waals surface area contributed by atoms with E-state index in [-0.39, 0.29) is 5.91 Å². The molecule has 7 heteroatoms. The molecule has 1 N–H and O–H groups in total. The minimum atomic E-state index is -0.732. The molecule has 1 aliphatic carbocycles. The molecule has 0 unspecified atom stereocenters. The average molecular weight is 320 g/mol. The molecule has 0 spiro atoms. The smallest absolute Gasteiger partial charge is 0.311 e. The summed E-state index contributed by atoms with van der Waals surface area (Å²) in [5.74, 6) is -0.121. The monoisotopic (exact) mass is 320 g/mol. The van der Waals surface area contributed by atoms with Crippen LogP contribution >= 0.6 is 0 Å². The van der Waals surface area contributed by atoms with E-state index in [1.807, 2.05) is 0 Å². The first-order valence-electron chi connectivity index (χ1n) is 8.43. The molecule has 1 atom stereocenters. The maximum atomic E-state index is 12.4. The minimum Gasteiger partial charge on any atom is -0.481 e. The summed E-state index contributed by atoms with van der Waals surface area (Å²) in [4.78, 5) is 29.9. The van der Waals surface area contributed by atoms with Gasteiger partial charge in [0.15, 0.2) is 0 Å². The number of carbonyl (C=O) groups is 2. The second-order valence-electron chi connectivity index (χ2n) is 6.91. The Morgan fingerprint density at radius 2 is 2.17 bits per heavy atom. The van der Waals surface area contributed by atoms with E-state index >= 15 is 0 Å². The first-order valence-corrected chi connectivity index (χ1v) is 8.43. The number of carboxylic acid groups (broad SMARTS) is 1. The van der Waals surface area contributed by atoms with Gasteiger partial charge < -0.3 is 10.0 Å². The molecule has 1 aromatic heterocycles. The Hall–Kier alpha value is -1.92. The van der Waals surface area contributed by atoms with Crippen LogP contribution in [0.2, 0.25) is 0 Å². The maximum absolute atomic E-state index is 12.4. The van der Waals surface area contributed by atoms with E-state index in [0.29, 0.717) is 44.8 Å². The van der Waals surface area contributed by atoms with Crippen LogP contribution in [-0.4, -0.2) is 49.7 Å². The largest absolute Gasteiger partial charge is 0.481 e. The van der Waals surface area contributed by atoms with E-state index in [0.717, 1.165) is 25.7 Å². The highest BCUT2D eigenvalue weighted by atomic mass is 16.4. The van der Waals surface area contributed by atoms with Gasteiger partial charge in [-0.1, -0.05) is 12.8 Å². The zero-order valence-corrected chi connectivity index (χ0v) is 13.4. The van der Waals surface area contributed by atoms with Crippen LogP contribution in [0.25, 0.3) is 0 Å². The van der Waals surface area contributed by atoms with Crippen LogP contribution in [0.4, 0.5) is 0 Å². The fourth-order valence-electron chi connectivity index (χ4n) is 3.55. The molecule has 1 saturated heterocycles. The highest BCUT2D eigenvalue weighted by Gasteiger charge is 2.46. The van der Waals surface area contributed by atoms with Gasteiger partial charge in [-0.2, -0.15) is 5.10 Å². The fourth-order valence-corrected chi connectivity index (χ4v) is 3.55. The highest BCUT2D eigenvalue weighted by Crippen LogP contribution is 2.45. The maximum Gasteiger partial charge on any atom is 0.311 e. The second kappa shape index (κ2) is 6.68. The Morgan fingerprint density at radius 3 is 2.83 bits per heavy atom. The molecule has 2 heterocycles. The number of piperidine rings is 1. The number of rotatable bonds is 7. The number of aromatic nitrogens is 3. The molecule has 23 heavy (non-hydrogen) atoms. The molecule has 2 fully saturated rings. The van der Waals surface area contributed by atoms with E-state index in [1.165, 1.54) is 6.33 Å². The summed E-state index contributed by atoms with van der Waals surface area (Å²) in [6.07, 6.45) is 8.73. The molecule has 2 aliphatic rings. The van der Waals surface area contributed by atoms with E-state index in [9.17, 15) is 14.7 Å². The molecule has 1 saturated carbocycles. The van der Waals surface area contributed by atoms with Gasteiger partial charge in [0.1, 0.15) is 12.7 Å². The van der Waals surface area contributed by atoms with Gasteiger partial charge in [0, 0.05) is 26.1 Å². The molecule has 0 aromatic carbocycles. The summed E-state index contributed by atoms with van der Waals surface area (Å²) in [7, 11) is 0. The van der Waals surface area contributed by atoms with Crippen molar-refractivity contribution in [3.63, 3.8) is 0 Å². The number of likely N-dealkylation sites (tertiary alicyclic amines) is 1. The highest BCUT2D eigenvalue weighted by molar-refractivity contribution is 5.79. The van der Waals surface area contributed by atoms with Gasteiger partial charge in [-0.25, -0.2) is 4.98 Å². The van der Waals surface area contributed by atoms with Gasteiger partial charge in [-0.15, -0.1) is 0 Å². The van der Waals surface area contributed by atoms with Gasteiger partial charge in [0.2, 0.25) is 5.91 Å². The first kappa shape index (κ1) is 16.0. The van der Waals surface area contributed by atoms with Gasteiger partial charge in [0.05, 0.1) is 5.41 Å². The Labute approximate surface area is 135 Å². The van der Waals surface area contributed by atoms with Gasteiger partial charge >= 0.3 is 5.97 Å². The predicted molar refractivity (Wildman–Crippen MR) is 82.5 cm³/mol. The minimum absolute atomic E-state index is 0.0613. The van der Waals surface area contributed by atoms with Crippen molar-refractivity contribution in [1.29, 1.82) is 0 Å². The van der Waals surface area contributed by atoms with Crippen LogP contribution < -0.4 is 0 Å². The molecule has 1 amide bonds. The SMILES string of the molecule is O=C(CCCn1cncn1)N1CCC[C@](CC2CC2)(C(=O)O)C1. The fraction of sp³-hybridized carbons (Fsp3) is 0.750. The Kier molecular flexibility index (Phi) is 4.63. The van der Waals surface area contributed by atoms with E-state index in [4.69, 9.17) is 0 Å². The topological polar surface area (TPSA) is 88.3 Å². The molecular weight excluding hydrogens is 296 g/mol. The third-order valence-electron chi connectivity index (χ3n) is 5.00. The lowest BCUT2D eigenvalue weighted by Crippen LogP contribution is -2.50. The number of aryl methyl sites for hydroxylation is 1. The zero-order chi connectivity index (χ0) is 16.3. The van der Waals surface area contributed by atoms with E-state index in [1.54, 1.807) is 15.9 Å². The van der Waals surface area contributed by atoms with Crippen LogP contribution in [0.5, 0.6) is 0 Å². The standard InChI is InChI=1S/C16H24N4O3/c21-14(3-1-8-20-12-17-11-18-20)19-7-2-6-16(10-19,15(22)23)9-13-4-5-13/h11-13H,1-10H2,(H,22,23)/t16-/m1/s1. The average Bonchev–Trinajstić information content (AvgIpc) is 3.19. The summed E-state index contributed by atoms with van der Waals surface area (Å²) in [5.41, 5.74) is -0.721. The molecule has 7 nitrogen and oxygen atoms in total. The summed E-state index contributed by atoms with van der Waals surface area (Å²) < 4.78 is 1.71. The zero-order valence-electron chi connectivity index (χ0n) is 13.4. The van der Waals surface area contributed by atoms with Crippen LogP contribution in [0.3, 0.4) is 0 Å². The lowest BCUT2D eigenvalue weighted by Gasteiger charge is -2.40. The molecule has 1 aromatic rings. The lowest BCUT2D eigenvalue weighted by molar-refractivity contribution is -0.156. The molecule has 0 bridgehead atoms. The Bertz CT molecular complexity index is 556. The summed E-state index contributed by atoms with van der Waals surface area (Å²) in [5, 5.41) is 13.7. The van der Waals surface area contributed by atoms with Crippen molar-refractivity contribution >= 4 is 11.9 Å². The van der Waals surface area contributed by atoms with Gasteiger partial charge in [0.25, 0.3) is 0 Å². The van der Waals surface area contributed by atoms with Crippen molar-refractivity contribution in [2.75, 3.05) is 13.1 Å². The van der Waals surface area contributed by atoms with Gasteiger partial charge in [-0.3, -0.25) is 14.3 Å². The van der Waals surface area contributed by atoms with E-state index < -0.39 is 11.4 Å². The number of hydrogen-bond acceptors (Lipinski definition) is 4. The van der Waals surface area contributed by atoms with Crippen molar-refractivity contribution in [2.45, 2.75) is 51.5 Å². The third-order valence-corrected chi connectivity index (χ3v) is 5.00. The summed E-state index contributed by atoms with van der Waals surface area (Å²) >= 11 is 0. The molecule has 1 aliphatic heterocycles. The lowest BCUT2D eigenvalue weighted by atomic mass is 9.75. The van der Waals surface area contributed by atoms with Crippen molar-refractivity contribution in [1.82, 2.24) is 19.7 Å².